The topological polar surface area (TPSA) is 66.1 Å². The Balaban J connectivity index is 1.88. The van der Waals surface area contributed by atoms with Gasteiger partial charge in [0, 0.05) is 22.2 Å². The molecule has 4 aromatic rings. The van der Waals surface area contributed by atoms with Gasteiger partial charge in [0.25, 0.3) is 5.91 Å². The first kappa shape index (κ1) is 20.3. The lowest BCUT2D eigenvalue weighted by Crippen LogP contribution is -2.31. The molecule has 0 aliphatic rings. The first-order valence-corrected chi connectivity index (χ1v) is 10.4. The lowest BCUT2D eigenvalue weighted by atomic mass is 10.0. The van der Waals surface area contributed by atoms with Crippen LogP contribution in [0.2, 0.25) is 5.02 Å². The maximum atomic E-state index is 14.5. The number of carbonyl (C=O) groups excluding carboxylic acids is 1. The molecule has 0 aliphatic carbocycles. The van der Waals surface area contributed by atoms with Crippen molar-refractivity contribution in [2.24, 2.45) is 0 Å². The van der Waals surface area contributed by atoms with Gasteiger partial charge in [0.1, 0.15) is 10.7 Å². The predicted molar refractivity (Wildman–Crippen MR) is 118 cm³/mol. The molecule has 0 bridgehead atoms. The number of hydrogen-bond acceptors (Lipinski definition) is 4. The predicted octanol–water partition coefficient (Wildman–Crippen LogP) is 5.24. The molecular formula is C22H17ClFN3O2S. The highest BCUT2D eigenvalue weighted by molar-refractivity contribution is 7.12. The number of aryl methyl sites for hydroxylation is 2. The van der Waals surface area contributed by atoms with Crippen molar-refractivity contribution in [3.63, 3.8) is 0 Å². The second kappa shape index (κ2) is 8.01. The van der Waals surface area contributed by atoms with Gasteiger partial charge in [0.2, 0.25) is 5.56 Å². The van der Waals surface area contributed by atoms with Gasteiger partial charge in [-0.05, 0) is 55.3 Å². The number of halogens is 2. The van der Waals surface area contributed by atoms with Gasteiger partial charge in [0.15, 0.2) is 0 Å². The maximum Gasteiger partial charge on any atom is 0.270 e. The highest BCUT2D eigenvalue weighted by Gasteiger charge is 2.23. The quantitative estimate of drug-likeness (QED) is 0.471. The van der Waals surface area contributed by atoms with Crippen LogP contribution in [0.4, 0.5) is 10.1 Å². The molecule has 1 amide bonds. The normalized spacial score (nSPS) is 11.1. The summed E-state index contributed by atoms with van der Waals surface area (Å²) in [5.41, 5.74) is 3.74. The molecule has 0 saturated heterocycles. The zero-order chi connectivity index (χ0) is 21.4. The molecule has 0 radical (unpaired) electrons. The number of hydrogen-bond donors (Lipinski definition) is 1. The maximum absolute atomic E-state index is 14.5. The lowest BCUT2D eigenvalue weighted by Gasteiger charge is -2.23. The third kappa shape index (κ3) is 3.86. The number of pyridine rings is 1. The molecule has 0 atom stereocenters. The number of H-pyrrole nitrogens is 1. The number of carbonyl (C=O) groups is 1. The lowest BCUT2D eigenvalue weighted by molar-refractivity contribution is 0.0988. The van der Waals surface area contributed by atoms with E-state index in [-0.39, 0.29) is 18.0 Å². The van der Waals surface area contributed by atoms with Crippen LogP contribution in [-0.2, 0) is 6.54 Å². The van der Waals surface area contributed by atoms with E-state index in [9.17, 15) is 14.0 Å². The van der Waals surface area contributed by atoms with E-state index in [1.807, 2.05) is 0 Å². The summed E-state index contributed by atoms with van der Waals surface area (Å²) in [6, 6.07) is 11.5. The second-order valence-electron chi connectivity index (χ2n) is 6.97. The Bertz CT molecular complexity index is 1330. The van der Waals surface area contributed by atoms with Gasteiger partial charge in [-0.3, -0.25) is 9.59 Å². The van der Waals surface area contributed by atoms with Crippen LogP contribution >= 0.6 is 22.9 Å². The van der Waals surface area contributed by atoms with Crippen molar-refractivity contribution in [2.45, 2.75) is 20.4 Å². The van der Waals surface area contributed by atoms with Crippen molar-refractivity contribution >= 4 is 45.4 Å². The van der Waals surface area contributed by atoms with Crippen molar-refractivity contribution < 1.29 is 9.18 Å². The average molecular weight is 442 g/mol. The van der Waals surface area contributed by atoms with Crippen LogP contribution in [0.5, 0.6) is 0 Å². The Morgan fingerprint density at radius 2 is 2.03 bits per heavy atom. The van der Waals surface area contributed by atoms with Gasteiger partial charge >= 0.3 is 0 Å². The molecule has 8 heteroatoms. The summed E-state index contributed by atoms with van der Waals surface area (Å²) in [6.45, 7) is 3.61. The monoisotopic (exact) mass is 441 g/mol. The summed E-state index contributed by atoms with van der Waals surface area (Å²) in [5, 5.41) is 1.02. The van der Waals surface area contributed by atoms with Gasteiger partial charge in [-0.1, -0.05) is 17.7 Å². The third-order valence-electron chi connectivity index (χ3n) is 4.77. The van der Waals surface area contributed by atoms with Gasteiger partial charge in [-0.15, -0.1) is 11.3 Å². The summed E-state index contributed by atoms with van der Waals surface area (Å²) in [4.78, 5) is 34.3. The molecule has 1 N–H and O–H groups in total. The highest BCUT2D eigenvalue weighted by atomic mass is 35.5. The van der Waals surface area contributed by atoms with Crippen LogP contribution in [0.15, 0.2) is 52.8 Å². The van der Waals surface area contributed by atoms with Gasteiger partial charge in [-0.25, -0.2) is 9.37 Å². The molecular weight excluding hydrogens is 425 g/mol. The SMILES string of the molecule is Cc1cc(F)c2[nH]c(=O)cc(CN(C(=O)c3scnc3C)c3cccc(Cl)c3)c2c1. The van der Waals surface area contributed by atoms with E-state index in [1.165, 1.54) is 28.4 Å². The van der Waals surface area contributed by atoms with Crippen molar-refractivity contribution in [1.82, 2.24) is 9.97 Å². The summed E-state index contributed by atoms with van der Waals surface area (Å²) < 4.78 is 14.5. The fraction of sp³-hybridized carbons (Fsp3) is 0.136. The highest BCUT2D eigenvalue weighted by Crippen LogP contribution is 2.28. The van der Waals surface area contributed by atoms with Crippen LogP contribution in [0.3, 0.4) is 0 Å². The molecule has 152 valence electrons. The van der Waals surface area contributed by atoms with E-state index in [0.717, 1.165) is 0 Å². The number of thiazole rings is 1. The molecule has 0 fully saturated rings. The van der Waals surface area contributed by atoms with Crippen LogP contribution in [0.25, 0.3) is 10.9 Å². The molecule has 0 aliphatic heterocycles. The molecule has 30 heavy (non-hydrogen) atoms. The molecule has 0 unspecified atom stereocenters. The second-order valence-corrected chi connectivity index (χ2v) is 8.26. The molecule has 2 aromatic carbocycles. The first-order chi connectivity index (χ1) is 14.3. The van der Waals surface area contributed by atoms with Crippen LogP contribution < -0.4 is 10.5 Å². The Hall–Kier alpha value is -3.03. The fourth-order valence-electron chi connectivity index (χ4n) is 3.37. The van der Waals surface area contributed by atoms with Crippen LogP contribution in [-0.4, -0.2) is 15.9 Å². The third-order valence-corrected chi connectivity index (χ3v) is 5.92. The molecule has 4 rings (SSSR count). The number of fused-ring (bicyclic) bond motifs is 1. The first-order valence-electron chi connectivity index (χ1n) is 9.13. The van der Waals surface area contributed by atoms with E-state index in [4.69, 9.17) is 11.6 Å². The molecule has 0 spiro atoms. The van der Waals surface area contributed by atoms with Gasteiger partial charge in [-0.2, -0.15) is 0 Å². The van der Waals surface area contributed by atoms with Crippen molar-refractivity contribution in [1.29, 1.82) is 0 Å². The smallest absolute Gasteiger partial charge is 0.270 e. The fourth-order valence-corrected chi connectivity index (χ4v) is 4.31. The molecule has 5 nitrogen and oxygen atoms in total. The zero-order valence-corrected chi connectivity index (χ0v) is 17.8. The minimum absolute atomic E-state index is 0.0693. The van der Waals surface area contributed by atoms with E-state index < -0.39 is 11.4 Å². The number of anilines is 1. The van der Waals surface area contributed by atoms with Crippen molar-refractivity contribution in [2.75, 3.05) is 4.90 Å². The Labute approximate surface area is 180 Å². The molecule has 2 heterocycles. The zero-order valence-electron chi connectivity index (χ0n) is 16.2. The number of aromatic nitrogens is 2. The standard InChI is InChI=1S/C22H17ClFN3O2S/c1-12-6-17-14(8-19(28)26-20(17)18(24)7-12)10-27(16-5-3-4-15(23)9-16)22(29)21-13(2)25-11-30-21/h3-9,11H,10H2,1-2H3,(H,26,28). The van der Waals surface area contributed by atoms with E-state index in [2.05, 4.69) is 9.97 Å². The minimum atomic E-state index is -0.511. The number of nitrogens with one attached hydrogen (secondary N) is 1. The summed E-state index contributed by atoms with van der Waals surface area (Å²) in [7, 11) is 0. The summed E-state index contributed by atoms with van der Waals surface area (Å²) in [5.74, 6) is -0.776. The Morgan fingerprint density at radius 3 is 2.73 bits per heavy atom. The number of amides is 1. The summed E-state index contributed by atoms with van der Waals surface area (Å²) in [6.07, 6.45) is 0. The van der Waals surface area contributed by atoms with E-state index in [0.29, 0.717) is 37.8 Å². The number of aromatic amines is 1. The van der Waals surface area contributed by atoms with E-state index in [1.54, 1.807) is 49.7 Å². The van der Waals surface area contributed by atoms with Crippen LogP contribution in [0, 0.1) is 19.7 Å². The van der Waals surface area contributed by atoms with Gasteiger partial charge < -0.3 is 9.88 Å². The van der Waals surface area contributed by atoms with Crippen molar-refractivity contribution in [3.05, 3.63) is 90.9 Å². The van der Waals surface area contributed by atoms with E-state index >= 15 is 0 Å². The number of benzene rings is 2. The largest absolute Gasteiger partial charge is 0.319 e. The number of rotatable bonds is 4. The number of nitrogens with zero attached hydrogens (tertiary/aromatic N) is 2. The average Bonchev–Trinajstić information content (AvgIpc) is 3.12. The summed E-state index contributed by atoms with van der Waals surface area (Å²) >= 11 is 7.41. The van der Waals surface area contributed by atoms with Crippen LogP contribution in [0.1, 0.15) is 26.5 Å². The van der Waals surface area contributed by atoms with Crippen molar-refractivity contribution in [3.8, 4) is 0 Å². The molecule has 2 aromatic heterocycles. The minimum Gasteiger partial charge on any atom is -0.319 e. The van der Waals surface area contributed by atoms with Gasteiger partial charge in [0.05, 0.1) is 23.3 Å². The Morgan fingerprint density at radius 1 is 1.23 bits per heavy atom. The molecule has 0 saturated carbocycles. The Kier molecular flexibility index (Phi) is 5.40.